The second-order valence-corrected chi connectivity index (χ2v) is 5.81. The number of nitrogens with two attached hydrogens (primary N) is 1. The Hall–Kier alpha value is -0.120. The molecule has 15 heavy (non-hydrogen) atoms. The predicted molar refractivity (Wildman–Crippen MR) is 63.3 cm³/mol. The van der Waals surface area contributed by atoms with Gasteiger partial charge < -0.3 is 15.1 Å². The third-order valence-corrected chi connectivity index (χ3v) is 3.96. The SMILES string of the molecule is C[C@@H]1C[NH+](C)[C@H](C)C[C@@H]1[NH2+]CC[NH+](C)C. The quantitative estimate of drug-likeness (QED) is 0.447. The molecule has 0 aliphatic carbocycles. The van der Waals surface area contributed by atoms with E-state index in [1.165, 1.54) is 26.1 Å². The minimum atomic E-state index is 0.842. The molecule has 0 aromatic rings. The molecule has 1 fully saturated rings. The lowest BCUT2D eigenvalue weighted by molar-refractivity contribution is -0.925. The molecule has 3 heteroatoms. The molecular formula is C12H30N3+3. The average molecular weight is 216 g/mol. The molecule has 1 aliphatic rings. The molecule has 1 heterocycles. The molecule has 1 aliphatic heterocycles. The van der Waals surface area contributed by atoms with Crippen molar-refractivity contribution in [2.75, 3.05) is 40.8 Å². The molecule has 4 N–H and O–H groups in total. The Bertz CT molecular complexity index is 182. The zero-order valence-corrected chi connectivity index (χ0v) is 11.1. The molecule has 3 nitrogen and oxygen atoms in total. The Morgan fingerprint density at radius 2 is 2.00 bits per heavy atom. The van der Waals surface area contributed by atoms with Crippen molar-refractivity contribution in [1.29, 1.82) is 0 Å². The minimum Gasteiger partial charge on any atom is -0.339 e. The summed E-state index contributed by atoms with van der Waals surface area (Å²) in [6.07, 6.45) is 1.38. The molecule has 0 saturated carbocycles. The Morgan fingerprint density at radius 1 is 1.33 bits per heavy atom. The van der Waals surface area contributed by atoms with Crippen LogP contribution in [-0.4, -0.2) is 52.9 Å². The van der Waals surface area contributed by atoms with E-state index in [2.05, 4.69) is 40.3 Å². The van der Waals surface area contributed by atoms with Crippen LogP contribution in [0, 0.1) is 5.92 Å². The van der Waals surface area contributed by atoms with Crippen LogP contribution in [0.15, 0.2) is 0 Å². The third-order valence-electron chi connectivity index (χ3n) is 3.96. The van der Waals surface area contributed by atoms with Crippen LogP contribution in [0.4, 0.5) is 0 Å². The van der Waals surface area contributed by atoms with Crippen molar-refractivity contribution in [3.8, 4) is 0 Å². The summed E-state index contributed by atoms with van der Waals surface area (Å²) < 4.78 is 0. The van der Waals surface area contributed by atoms with Gasteiger partial charge in [-0.2, -0.15) is 0 Å². The lowest BCUT2D eigenvalue weighted by Gasteiger charge is -2.35. The minimum absolute atomic E-state index is 0.842. The van der Waals surface area contributed by atoms with Gasteiger partial charge in [-0.3, -0.25) is 0 Å². The van der Waals surface area contributed by atoms with E-state index in [-0.39, 0.29) is 0 Å². The highest BCUT2D eigenvalue weighted by atomic mass is 15.2. The van der Waals surface area contributed by atoms with Crippen LogP contribution in [-0.2, 0) is 0 Å². The Balaban J connectivity index is 2.28. The van der Waals surface area contributed by atoms with Crippen molar-refractivity contribution >= 4 is 0 Å². The molecule has 0 radical (unpaired) electrons. The van der Waals surface area contributed by atoms with Gasteiger partial charge >= 0.3 is 0 Å². The normalized spacial score (nSPS) is 37.2. The fourth-order valence-corrected chi connectivity index (χ4v) is 2.62. The molecule has 0 aromatic heterocycles. The van der Waals surface area contributed by atoms with Gasteiger partial charge in [0.05, 0.1) is 52.1 Å². The first-order valence-electron chi connectivity index (χ1n) is 6.45. The van der Waals surface area contributed by atoms with Gasteiger partial charge in [-0.25, -0.2) is 0 Å². The molecule has 4 atom stereocenters. The van der Waals surface area contributed by atoms with Crippen molar-refractivity contribution < 1.29 is 15.1 Å². The van der Waals surface area contributed by atoms with Gasteiger partial charge in [-0.1, -0.05) is 6.92 Å². The second kappa shape index (κ2) is 5.83. The molecule has 0 aromatic carbocycles. The van der Waals surface area contributed by atoms with E-state index in [9.17, 15) is 0 Å². The fourth-order valence-electron chi connectivity index (χ4n) is 2.62. The Morgan fingerprint density at radius 3 is 2.60 bits per heavy atom. The van der Waals surface area contributed by atoms with Crippen LogP contribution < -0.4 is 15.1 Å². The van der Waals surface area contributed by atoms with Crippen LogP contribution >= 0.6 is 0 Å². The average Bonchev–Trinajstić information content (AvgIpc) is 2.13. The van der Waals surface area contributed by atoms with Gasteiger partial charge in [0.2, 0.25) is 0 Å². The largest absolute Gasteiger partial charge is 0.339 e. The van der Waals surface area contributed by atoms with Crippen LogP contribution in [0.25, 0.3) is 0 Å². The summed E-state index contributed by atoms with van der Waals surface area (Å²) in [7, 11) is 6.80. The second-order valence-electron chi connectivity index (χ2n) is 5.81. The van der Waals surface area contributed by atoms with Crippen LogP contribution in [0.2, 0.25) is 0 Å². The summed E-state index contributed by atoms with van der Waals surface area (Å²) in [5.41, 5.74) is 0. The highest BCUT2D eigenvalue weighted by Crippen LogP contribution is 2.07. The number of likely N-dealkylation sites (tertiary alicyclic amines) is 1. The number of quaternary nitrogens is 3. The molecule has 1 rings (SSSR count). The van der Waals surface area contributed by atoms with E-state index in [0.29, 0.717) is 0 Å². The van der Waals surface area contributed by atoms with E-state index >= 15 is 0 Å². The number of hydrogen-bond donors (Lipinski definition) is 3. The first kappa shape index (κ1) is 12.9. The number of rotatable bonds is 4. The lowest BCUT2D eigenvalue weighted by atomic mass is 9.90. The van der Waals surface area contributed by atoms with Gasteiger partial charge in [0, 0.05) is 0 Å². The summed E-state index contributed by atoms with van der Waals surface area (Å²) in [6.45, 7) is 8.71. The molecule has 1 saturated heterocycles. The monoisotopic (exact) mass is 216 g/mol. The Kier molecular flexibility index (Phi) is 5.03. The van der Waals surface area contributed by atoms with Crippen molar-refractivity contribution in [1.82, 2.24) is 0 Å². The smallest absolute Gasteiger partial charge is 0.126 e. The molecule has 1 unspecified atom stereocenters. The first-order chi connectivity index (χ1) is 7.00. The van der Waals surface area contributed by atoms with E-state index in [1.807, 2.05) is 0 Å². The summed E-state index contributed by atoms with van der Waals surface area (Å²) in [6, 6.07) is 1.71. The molecule has 90 valence electrons. The topological polar surface area (TPSA) is 25.5 Å². The molecule has 0 amide bonds. The van der Waals surface area contributed by atoms with E-state index in [0.717, 1.165) is 18.0 Å². The molecule has 0 spiro atoms. The van der Waals surface area contributed by atoms with Crippen LogP contribution in [0.5, 0.6) is 0 Å². The summed E-state index contributed by atoms with van der Waals surface area (Å²) >= 11 is 0. The van der Waals surface area contributed by atoms with Gasteiger partial charge in [0.1, 0.15) is 13.1 Å². The standard InChI is InChI=1S/C12H27N3/c1-10-9-15(5)11(2)8-12(10)13-6-7-14(3)4/h10-13H,6-9H2,1-5H3/p+3/t10-,11-,12+/m1/s1. The van der Waals surface area contributed by atoms with E-state index in [4.69, 9.17) is 0 Å². The van der Waals surface area contributed by atoms with E-state index in [1.54, 1.807) is 9.80 Å². The van der Waals surface area contributed by atoms with Gasteiger partial charge in [0.25, 0.3) is 0 Å². The van der Waals surface area contributed by atoms with Crippen molar-refractivity contribution in [2.24, 2.45) is 5.92 Å². The predicted octanol–water partition coefficient (Wildman–Crippen LogP) is -2.99. The molecular weight excluding hydrogens is 186 g/mol. The number of nitrogens with one attached hydrogen (secondary N) is 2. The zero-order valence-electron chi connectivity index (χ0n) is 11.1. The number of likely N-dealkylation sites (N-methyl/N-ethyl adjacent to an activating group) is 1. The van der Waals surface area contributed by atoms with Crippen molar-refractivity contribution in [2.45, 2.75) is 32.4 Å². The maximum absolute atomic E-state index is 2.58. The third kappa shape index (κ3) is 4.09. The van der Waals surface area contributed by atoms with Crippen molar-refractivity contribution in [3.05, 3.63) is 0 Å². The van der Waals surface area contributed by atoms with E-state index < -0.39 is 0 Å². The highest BCUT2D eigenvalue weighted by Gasteiger charge is 2.34. The summed E-state index contributed by atoms with van der Waals surface area (Å²) in [5.74, 6) is 0.873. The van der Waals surface area contributed by atoms with Crippen LogP contribution in [0.3, 0.4) is 0 Å². The number of hydrogen-bond acceptors (Lipinski definition) is 0. The first-order valence-corrected chi connectivity index (χ1v) is 6.45. The van der Waals surface area contributed by atoms with Gasteiger partial charge in [0.15, 0.2) is 0 Å². The summed E-state index contributed by atoms with van der Waals surface area (Å²) in [4.78, 5) is 3.27. The lowest BCUT2D eigenvalue weighted by Crippen LogP contribution is -3.17. The van der Waals surface area contributed by atoms with Crippen molar-refractivity contribution in [3.63, 3.8) is 0 Å². The maximum atomic E-state index is 2.58. The maximum Gasteiger partial charge on any atom is 0.126 e. The van der Waals surface area contributed by atoms with Crippen LogP contribution in [0.1, 0.15) is 20.3 Å². The number of piperidine rings is 1. The fraction of sp³-hybridized carbons (Fsp3) is 1.00. The summed E-state index contributed by atoms with van der Waals surface area (Å²) in [5, 5.41) is 2.58. The molecule has 0 bridgehead atoms. The van der Waals surface area contributed by atoms with Gasteiger partial charge in [-0.15, -0.1) is 0 Å². The highest BCUT2D eigenvalue weighted by molar-refractivity contribution is 4.70. The van der Waals surface area contributed by atoms with Gasteiger partial charge in [-0.05, 0) is 6.92 Å². The zero-order chi connectivity index (χ0) is 11.4. The Labute approximate surface area is 94.8 Å².